The quantitative estimate of drug-likeness (QED) is 0.263. The van der Waals surface area contributed by atoms with Crippen molar-refractivity contribution in [1.29, 1.82) is 0 Å². The van der Waals surface area contributed by atoms with E-state index < -0.39 is 72.1 Å². The number of fused-ring (bicyclic) bond motifs is 3. The van der Waals surface area contributed by atoms with Crippen LogP contribution in [0.5, 0.6) is 0 Å². The first kappa shape index (κ1) is 23.1. The van der Waals surface area contributed by atoms with Crippen molar-refractivity contribution in [3.05, 3.63) is 24.3 Å². The van der Waals surface area contributed by atoms with Gasteiger partial charge in [-0.2, -0.15) is 0 Å². The third-order valence-electron chi connectivity index (χ3n) is 6.96. The summed E-state index contributed by atoms with van der Waals surface area (Å²) in [5.74, 6) is -3.69. The summed E-state index contributed by atoms with van der Waals surface area (Å²) in [7, 11) is 0. The lowest BCUT2D eigenvalue weighted by atomic mass is 9.51. The van der Waals surface area contributed by atoms with E-state index in [1.54, 1.807) is 6.92 Å². The summed E-state index contributed by atoms with van der Waals surface area (Å²) in [5.41, 5.74) is -1.00. The summed E-state index contributed by atoms with van der Waals surface area (Å²) in [6.07, 6.45) is -1.99. The van der Waals surface area contributed by atoms with Gasteiger partial charge >= 0.3 is 17.9 Å². The molecular weight excluding hydrogens is 408 g/mol. The van der Waals surface area contributed by atoms with Gasteiger partial charge in [0.05, 0.1) is 17.6 Å². The Labute approximate surface area is 180 Å². The summed E-state index contributed by atoms with van der Waals surface area (Å²) in [6, 6.07) is 0. The highest BCUT2D eigenvalue weighted by Crippen LogP contribution is 2.58. The van der Waals surface area contributed by atoms with Crippen LogP contribution in [0.2, 0.25) is 0 Å². The second-order valence-electron chi connectivity index (χ2n) is 8.84. The van der Waals surface area contributed by atoms with Crippen molar-refractivity contribution in [2.75, 3.05) is 6.61 Å². The molecule has 3 rings (SSSR count). The predicted octanol–water partition coefficient (Wildman–Crippen LogP) is 0.472. The normalized spacial score (nSPS) is 37.7. The first-order valence-electron chi connectivity index (χ1n) is 10.3. The minimum Gasteiger partial charge on any atom is -0.463 e. The van der Waals surface area contributed by atoms with E-state index in [2.05, 4.69) is 17.9 Å². The van der Waals surface area contributed by atoms with E-state index in [1.165, 1.54) is 0 Å². The molecule has 1 saturated heterocycles. The molecule has 0 aromatic heterocycles. The van der Waals surface area contributed by atoms with Crippen LogP contribution in [0.1, 0.15) is 33.1 Å². The summed E-state index contributed by atoms with van der Waals surface area (Å²) >= 11 is 0. The minimum absolute atomic E-state index is 0.139. The van der Waals surface area contributed by atoms with E-state index >= 15 is 0 Å². The van der Waals surface area contributed by atoms with Gasteiger partial charge in [-0.05, 0) is 19.3 Å². The van der Waals surface area contributed by atoms with Gasteiger partial charge in [-0.25, -0.2) is 9.59 Å². The highest BCUT2D eigenvalue weighted by Gasteiger charge is 2.63. The average molecular weight is 436 g/mol. The van der Waals surface area contributed by atoms with Gasteiger partial charge in [-0.1, -0.05) is 20.1 Å². The van der Waals surface area contributed by atoms with E-state index in [1.807, 2.05) is 0 Å². The van der Waals surface area contributed by atoms with Gasteiger partial charge < -0.3 is 29.2 Å². The third kappa shape index (κ3) is 4.04. The zero-order valence-corrected chi connectivity index (χ0v) is 17.6. The van der Waals surface area contributed by atoms with Crippen LogP contribution >= 0.6 is 0 Å². The molecule has 0 aromatic rings. The Morgan fingerprint density at radius 1 is 1.39 bits per heavy atom. The molecule has 3 aliphatic rings. The smallest absolute Gasteiger partial charge is 0.336 e. The molecule has 0 bridgehead atoms. The monoisotopic (exact) mass is 436 g/mol. The molecule has 2 saturated carbocycles. The molecule has 1 heterocycles. The largest absolute Gasteiger partial charge is 0.463 e. The first-order chi connectivity index (χ1) is 14.5. The Hall–Kier alpha value is -2.52. The fraction of sp³-hybridized carbons (Fsp3) is 0.636. The van der Waals surface area contributed by atoms with Crippen molar-refractivity contribution in [3.63, 3.8) is 0 Å². The predicted molar refractivity (Wildman–Crippen MR) is 105 cm³/mol. The van der Waals surface area contributed by atoms with Crippen LogP contribution in [0, 0.1) is 23.2 Å². The maximum absolute atomic E-state index is 12.6. The Bertz CT molecular complexity index is 818. The van der Waals surface area contributed by atoms with Crippen LogP contribution < -0.4 is 0 Å². The summed E-state index contributed by atoms with van der Waals surface area (Å²) in [4.78, 5) is 47.6. The number of aldehydes is 1. The number of carbonyl (C=O) groups excluding carboxylic acids is 4. The van der Waals surface area contributed by atoms with Crippen molar-refractivity contribution in [2.24, 2.45) is 23.2 Å². The first-order valence-corrected chi connectivity index (χ1v) is 10.3. The molecule has 31 heavy (non-hydrogen) atoms. The molecule has 170 valence electrons. The second-order valence-corrected chi connectivity index (χ2v) is 8.84. The summed E-state index contributed by atoms with van der Waals surface area (Å²) < 4.78 is 15.8. The van der Waals surface area contributed by atoms with Crippen LogP contribution in [0.3, 0.4) is 0 Å². The van der Waals surface area contributed by atoms with E-state index in [0.717, 1.165) is 13.2 Å². The van der Waals surface area contributed by atoms with E-state index in [-0.39, 0.29) is 17.6 Å². The molecule has 0 spiro atoms. The molecule has 0 amide bonds. The molecule has 8 atom stereocenters. The Morgan fingerprint density at radius 2 is 2.06 bits per heavy atom. The molecule has 2 N–H and O–H groups in total. The van der Waals surface area contributed by atoms with Crippen molar-refractivity contribution in [2.45, 2.75) is 57.5 Å². The Morgan fingerprint density at radius 3 is 2.68 bits per heavy atom. The van der Waals surface area contributed by atoms with Crippen molar-refractivity contribution in [3.8, 4) is 0 Å². The molecule has 9 nitrogen and oxygen atoms in total. The number of ether oxygens (including phenoxy) is 3. The molecule has 2 unspecified atom stereocenters. The maximum Gasteiger partial charge on any atom is 0.336 e. The van der Waals surface area contributed by atoms with Gasteiger partial charge in [0.15, 0.2) is 0 Å². The standard InChI is InChI=1S/C22H28O9/c1-10(14(25)9-29-12(3)24)20(27)30-15-7-22(4)16(26)6-5-13(8-23)18(22)19-17(15)11(2)21(28)31-19/h8,13-19,25-26H,1-2,5-7,9H2,3-4H3/t13-,14?,15+,16-,17-,18-,19?,22+/m1/s1. The minimum atomic E-state index is -1.46. The number of aliphatic hydroxyl groups excluding tert-OH is 2. The van der Waals surface area contributed by atoms with Gasteiger partial charge in [0.25, 0.3) is 0 Å². The SMILES string of the molecule is C=C(C(=O)O[C@H]1C[C@@]2(C)[C@H](O)CC[C@H](C=O)[C@@H]2C2OC(=O)C(=C)[C@@H]21)C(O)COC(C)=O. The second kappa shape index (κ2) is 8.55. The topological polar surface area (TPSA) is 136 Å². The molecule has 2 aliphatic carbocycles. The fourth-order valence-corrected chi connectivity index (χ4v) is 5.28. The maximum atomic E-state index is 12.6. The zero-order chi connectivity index (χ0) is 23.1. The highest BCUT2D eigenvalue weighted by molar-refractivity contribution is 5.92. The summed E-state index contributed by atoms with van der Waals surface area (Å²) in [6.45, 7) is 9.83. The lowest BCUT2D eigenvalue weighted by molar-refractivity contribution is -0.195. The van der Waals surface area contributed by atoms with Crippen molar-refractivity contribution >= 4 is 24.2 Å². The van der Waals surface area contributed by atoms with Crippen LogP contribution in [-0.2, 0) is 33.4 Å². The number of aliphatic hydroxyl groups is 2. The fourth-order valence-electron chi connectivity index (χ4n) is 5.28. The number of hydrogen-bond acceptors (Lipinski definition) is 9. The number of rotatable bonds is 6. The number of esters is 3. The van der Waals surface area contributed by atoms with Gasteiger partial charge in [0.2, 0.25) is 0 Å². The van der Waals surface area contributed by atoms with E-state index in [4.69, 9.17) is 9.47 Å². The molecule has 1 aliphatic heterocycles. The Balaban J connectivity index is 1.85. The lowest BCUT2D eigenvalue weighted by Crippen LogP contribution is -2.60. The number of carbonyl (C=O) groups is 4. The average Bonchev–Trinajstić information content (AvgIpc) is 3.01. The van der Waals surface area contributed by atoms with Crippen LogP contribution in [0.15, 0.2) is 24.3 Å². The van der Waals surface area contributed by atoms with E-state index in [0.29, 0.717) is 12.8 Å². The van der Waals surface area contributed by atoms with E-state index in [9.17, 15) is 29.4 Å². The van der Waals surface area contributed by atoms with Crippen molar-refractivity contribution < 1.29 is 43.6 Å². The lowest BCUT2D eigenvalue weighted by Gasteiger charge is -2.55. The summed E-state index contributed by atoms with van der Waals surface area (Å²) in [5, 5.41) is 20.8. The van der Waals surface area contributed by atoms with Crippen LogP contribution in [-0.4, -0.2) is 65.4 Å². The van der Waals surface area contributed by atoms with Gasteiger partial charge in [-0.3, -0.25) is 4.79 Å². The molecular formula is C22H28O9. The highest BCUT2D eigenvalue weighted by atomic mass is 16.6. The third-order valence-corrected chi connectivity index (χ3v) is 6.96. The Kier molecular flexibility index (Phi) is 6.38. The molecule has 0 aromatic carbocycles. The van der Waals surface area contributed by atoms with Crippen molar-refractivity contribution in [1.82, 2.24) is 0 Å². The van der Waals surface area contributed by atoms with Gasteiger partial charge in [0, 0.05) is 29.7 Å². The number of hydrogen-bond donors (Lipinski definition) is 2. The van der Waals surface area contributed by atoms with Gasteiger partial charge in [0.1, 0.15) is 31.2 Å². The van der Waals surface area contributed by atoms with Crippen LogP contribution in [0.25, 0.3) is 0 Å². The molecule has 0 radical (unpaired) electrons. The van der Waals surface area contributed by atoms with Gasteiger partial charge in [-0.15, -0.1) is 0 Å². The molecule has 3 fully saturated rings. The zero-order valence-electron chi connectivity index (χ0n) is 17.6. The molecule has 9 heteroatoms. The van der Waals surface area contributed by atoms with Crippen LogP contribution in [0.4, 0.5) is 0 Å².